The molecule has 86 valence electrons. The van der Waals surface area contributed by atoms with Gasteiger partial charge in [0.25, 0.3) is 0 Å². The molecule has 1 N–H and O–H groups in total. The molecule has 0 saturated carbocycles. The standard InChI is InChI=1S/C8H3BrF4N2O/c9-7-14-4-2-1-3(10)6(5(4)15-7)16-8(11,12)13/h1-2H,(H,14,15). The van der Waals surface area contributed by atoms with E-state index in [9.17, 15) is 17.6 Å². The molecule has 0 unspecified atom stereocenters. The number of halogens is 5. The van der Waals surface area contributed by atoms with E-state index in [-0.39, 0.29) is 15.8 Å². The zero-order chi connectivity index (χ0) is 11.9. The summed E-state index contributed by atoms with van der Waals surface area (Å²) in [5, 5.41) is 0. The van der Waals surface area contributed by atoms with Crippen molar-refractivity contribution in [2.45, 2.75) is 6.36 Å². The molecular formula is C8H3BrF4N2O. The van der Waals surface area contributed by atoms with Gasteiger partial charge in [0, 0.05) is 0 Å². The predicted octanol–water partition coefficient (Wildman–Crippen LogP) is 3.36. The summed E-state index contributed by atoms with van der Waals surface area (Å²) in [6.45, 7) is 0. The number of H-pyrrole nitrogens is 1. The average Bonchev–Trinajstić information content (AvgIpc) is 2.50. The van der Waals surface area contributed by atoms with Gasteiger partial charge in [0.05, 0.1) is 5.52 Å². The molecule has 1 aromatic carbocycles. The maximum absolute atomic E-state index is 13.2. The van der Waals surface area contributed by atoms with E-state index >= 15 is 0 Å². The number of aromatic amines is 1. The SMILES string of the molecule is Fc1ccc2[nH]c(Br)nc2c1OC(F)(F)F. The maximum Gasteiger partial charge on any atom is 0.573 e. The lowest BCUT2D eigenvalue weighted by Gasteiger charge is -2.09. The Balaban J connectivity index is 2.61. The van der Waals surface area contributed by atoms with Gasteiger partial charge in [-0.1, -0.05) is 0 Å². The normalized spacial score (nSPS) is 12.1. The molecule has 0 aliphatic carbocycles. The minimum absolute atomic E-state index is 0.195. The van der Waals surface area contributed by atoms with Crippen molar-refractivity contribution in [2.75, 3.05) is 0 Å². The highest BCUT2D eigenvalue weighted by Gasteiger charge is 2.33. The second-order valence-electron chi connectivity index (χ2n) is 2.85. The summed E-state index contributed by atoms with van der Waals surface area (Å²) in [6, 6.07) is 2.14. The molecule has 0 fully saturated rings. The number of nitrogens with zero attached hydrogens (tertiary/aromatic N) is 1. The average molecular weight is 299 g/mol. The van der Waals surface area contributed by atoms with E-state index in [1.54, 1.807) is 0 Å². The molecule has 0 radical (unpaired) electrons. The van der Waals surface area contributed by atoms with Gasteiger partial charge in [-0.15, -0.1) is 13.2 Å². The van der Waals surface area contributed by atoms with Gasteiger partial charge in [0.15, 0.2) is 16.3 Å². The number of ether oxygens (including phenoxy) is 1. The highest BCUT2D eigenvalue weighted by atomic mass is 79.9. The Labute approximate surface area is 94.6 Å². The summed E-state index contributed by atoms with van der Waals surface area (Å²) in [7, 11) is 0. The molecule has 1 aromatic heterocycles. The Morgan fingerprint density at radius 1 is 1.31 bits per heavy atom. The van der Waals surface area contributed by atoms with Gasteiger partial charge in [-0.3, -0.25) is 0 Å². The fourth-order valence-corrected chi connectivity index (χ4v) is 1.60. The Bertz CT molecular complexity index is 537. The van der Waals surface area contributed by atoms with Crippen LogP contribution in [0, 0.1) is 5.82 Å². The summed E-state index contributed by atoms with van der Waals surface area (Å²) in [6.07, 6.45) is -4.96. The minimum Gasteiger partial charge on any atom is -0.400 e. The first kappa shape index (κ1) is 11.2. The van der Waals surface area contributed by atoms with Gasteiger partial charge in [-0.25, -0.2) is 9.37 Å². The fourth-order valence-electron chi connectivity index (χ4n) is 1.21. The molecule has 2 rings (SSSR count). The lowest BCUT2D eigenvalue weighted by atomic mass is 10.3. The van der Waals surface area contributed by atoms with Crippen LogP contribution in [0.2, 0.25) is 0 Å². The van der Waals surface area contributed by atoms with Crippen molar-refractivity contribution in [1.82, 2.24) is 9.97 Å². The van der Waals surface area contributed by atoms with E-state index in [1.807, 2.05) is 0 Å². The summed E-state index contributed by atoms with van der Waals surface area (Å²) < 4.78 is 53.0. The van der Waals surface area contributed by atoms with Crippen molar-refractivity contribution >= 4 is 27.0 Å². The molecular weight excluding hydrogens is 296 g/mol. The van der Waals surface area contributed by atoms with Crippen LogP contribution in [0.3, 0.4) is 0 Å². The van der Waals surface area contributed by atoms with Gasteiger partial charge in [-0.05, 0) is 28.1 Å². The number of benzene rings is 1. The van der Waals surface area contributed by atoms with Crippen LogP contribution in [-0.4, -0.2) is 16.3 Å². The summed E-state index contributed by atoms with van der Waals surface area (Å²) >= 11 is 2.94. The van der Waals surface area contributed by atoms with E-state index in [2.05, 4.69) is 30.6 Å². The van der Waals surface area contributed by atoms with Crippen LogP contribution in [0.5, 0.6) is 5.75 Å². The Morgan fingerprint density at radius 3 is 2.62 bits per heavy atom. The van der Waals surface area contributed by atoms with Crippen LogP contribution in [0.15, 0.2) is 16.9 Å². The molecule has 0 bridgehead atoms. The number of aromatic nitrogens is 2. The van der Waals surface area contributed by atoms with E-state index < -0.39 is 17.9 Å². The van der Waals surface area contributed by atoms with E-state index in [0.29, 0.717) is 0 Å². The molecule has 3 nitrogen and oxygen atoms in total. The molecule has 0 amide bonds. The third-order valence-corrected chi connectivity index (χ3v) is 2.12. The Morgan fingerprint density at radius 2 is 2.00 bits per heavy atom. The van der Waals surface area contributed by atoms with Crippen molar-refractivity contribution in [1.29, 1.82) is 0 Å². The highest BCUT2D eigenvalue weighted by molar-refractivity contribution is 9.10. The zero-order valence-corrected chi connectivity index (χ0v) is 8.99. The molecule has 8 heteroatoms. The second-order valence-corrected chi connectivity index (χ2v) is 3.60. The van der Waals surface area contributed by atoms with Crippen molar-refractivity contribution in [3.63, 3.8) is 0 Å². The van der Waals surface area contributed by atoms with Gasteiger partial charge >= 0.3 is 6.36 Å². The number of nitrogens with one attached hydrogen (secondary N) is 1. The van der Waals surface area contributed by atoms with Crippen molar-refractivity contribution in [3.8, 4) is 5.75 Å². The van der Waals surface area contributed by atoms with Gasteiger partial charge < -0.3 is 9.72 Å². The first-order valence-corrected chi connectivity index (χ1v) is 4.75. The first-order valence-electron chi connectivity index (χ1n) is 3.96. The van der Waals surface area contributed by atoms with Gasteiger partial charge in [0.1, 0.15) is 5.52 Å². The Hall–Kier alpha value is -1.31. The number of hydrogen-bond acceptors (Lipinski definition) is 2. The van der Waals surface area contributed by atoms with E-state index in [0.717, 1.165) is 6.07 Å². The third kappa shape index (κ3) is 2.11. The number of imidazole rings is 1. The summed E-state index contributed by atoms with van der Waals surface area (Å²) in [5.74, 6) is -2.06. The molecule has 2 aromatic rings. The Kier molecular flexibility index (Phi) is 2.53. The molecule has 1 heterocycles. The molecule has 0 saturated heterocycles. The van der Waals surface area contributed by atoms with Crippen LogP contribution in [0.1, 0.15) is 0 Å². The molecule has 0 aliphatic heterocycles. The summed E-state index contributed by atoms with van der Waals surface area (Å²) in [4.78, 5) is 6.26. The number of hydrogen-bond donors (Lipinski definition) is 1. The maximum atomic E-state index is 13.2. The molecule has 16 heavy (non-hydrogen) atoms. The smallest absolute Gasteiger partial charge is 0.400 e. The van der Waals surface area contributed by atoms with E-state index in [1.165, 1.54) is 6.07 Å². The number of rotatable bonds is 1. The highest BCUT2D eigenvalue weighted by Crippen LogP contribution is 2.32. The number of alkyl halides is 3. The van der Waals surface area contributed by atoms with Crippen LogP contribution >= 0.6 is 15.9 Å². The van der Waals surface area contributed by atoms with Gasteiger partial charge in [0.2, 0.25) is 0 Å². The van der Waals surface area contributed by atoms with Crippen molar-refractivity contribution < 1.29 is 22.3 Å². The van der Waals surface area contributed by atoms with Crippen LogP contribution in [0.25, 0.3) is 11.0 Å². The van der Waals surface area contributed by atoms with Crippen molar-refractivity contribution in [3.05, 3.63) is 22.7 Å². The number of fused-ring (bicyclic) bond motifs is 1. The lowest BCUT2D eigenvalue weighted by molar-refractivity contribution is -0.275. The molecule has 0 spiro atoms. The second kappa shape index (κ2) is 3.62. The predicted molar refractivity (Wildman–Crippen MR) is 50.4 cm³/mol. The minimum atomic E-state index is -4.96. The monoisotopic (exact) mass is 298 g/mol. The molecule has 0 atom stereocenters. The van der Waals surface area contributed by atoms with Crippen LogP contribution < -0.4 is 4.74 Å². The zero-order valence-electron chi connectivity index (χ0n) is 7.40. The quantitative estimate of drug-likeness (QED) is 0.820. The van der Waals surface area contributed by atoms with Crippen molar-refractivity contribution in [2.24, 2.45) is 0 Å². The lowest BCUT2D eigenvalue weighted by Crippen LogP contribution is -2.18. The fraction of sp³-hybridized carbons (Fsp3) is 0.125. The van der Waals surface area contributed by atoms with Crippen LogP contribution in [-0.2, 0) is 0 Å². The van der Waals surface area contributed by atoms with Gasteiger partial charge in [-0.2, -0.15) is 0 Å². The van der Waals surface area contributed by atoms with E-state index in [4.69, 9.17) is 0 Å². The summed E-state index contributed by atoms with van der Waals surface area (Å²) in [5.41, 5.74) is 0.0247. The third-order valence-electron chi connectivity index (χ3n) is 1.75. The van der Waals surface area contributed by atoms with Crippen LogP contribution in [0.4, 0.5) is 17.6 Å². The largest absolute Gasteiger partial charge is 0.573 e. The topological polar surface area (TPSA) is 37.9 Å². The first-order chi connectivity index (χ1) is 7.37. The molecule has 0 aliphatic rings.